The van der Waals surface area contributed by atoms with Crippen molar-refractivity contribution in [2.45, 2.75) is 64.8 Å². The van der Waals surface area contributed by atoms with E-state index in [2.05, 4.69) is 36.2 Å². The fourth-order valence-corrected chi connectivity index (χ4v) is 2.68. The van der Waals surface area contributed by atoms with Gasteiger partial charge in [0, 0.05) is 18.4 Å². The average molecular weight is 251 g/mol. The minimum atomic E-state index is 0.403. The molecule has 1 aliphatic carbocycles. The van der Waals surface area contributed by atoms with Crippen molar-refractivity contribution in [1.29, 1.82) is 0 Å². The van der Waals surface area contributed by atoms with Crippen molar-refractivity contribution in [2.24, 2.45) is 5.92 Å². The Morgan fingerprint density at radius 3 is 2.94 bits per heavy atom. The molecule has 1 aromatic rings. The molecule has 102 valence electrons. The maximum absolute atomic E-state index is 5.36. The Morgan fingerprint density at radius 2 is 2.28 bits per heavy atom. The first-order valence-electron chi connectivity index (χ1n) is 7.25. The lowest BCUT2D eigenvalue weighted by Gasteiger charge is -2.09. The van der Waals surface area contributed by atoms with E-state index in [1.165, 1.54) is 19.3 Å². The molecule has 0 aliphatic heterocycles. The quantitative estimate of drug-likeness (QED) is 0.844. The van der Waals surface area contributed by atoms with Crippen LogP contribution >= 0.6 is 0 Å². The van der Waals surface area contributed by atoms with Crippen LogP contribution in [0.4, 0.5) is 0 Å². The molecule has 3 atom stereocenters. The lowest BCUT2D eigenvalue weighted by atomic mass is 10.1. The van der Waals surface area contributed by atoms with Gasteiger partial charge in [-0.1, -0.05) is 19.0 Å². The number of aromatic nitrogens is 2. The fraction of sp³-hybridized carbons (Fsp3) is 0.857. The first-order chi connectivity index (χ1) is 8.69. The zero-order valence-electron chi connectivity index (χ0n) is 11.8. The molecule has 0 amide bonds. The van der Waals surface area contributed by atoms with Crippen LogP contribution in [0.25, 0.3) is 0 Å². The molecule has 1 aliphatic rings. The highest BCUT2D eigenvalue weighted by Crippen LogP contribution is 2.36. The van der Waals surface area contributed by atoms with Gasteiger partial charge in [-0.15, -0.1) is 0 Å². The SMILES string of the molecule is CCCNC(C)Cc1nc(C2CCC(C)C2)no1. The molecule has 4 heteroatoms. The molecule has 18 heavy (non-hydrogen) atoms. The molecule has 0 spiro atoms. The monoisotopic (exact) mass is 251 g/mol. The van der Waals surface area contributed by atoms with Gasteiger partial charge in [-0.05, 0) is 45.1 Å². The van der Waals surface area contributed by atoms with E-state index in [9.17, 15) is 0 Å². The van der Waals surface area contributed by atoms with E-state index in [1.807, 2.05) is 0 Å². The van der Waals surface area contributed by atoms with E-state index in [-0.39, 0.29) is 0 Å². The first-order valence-corrected chi connectivity index (χ1v) is 7.25. The van der Waals surface area contributed by atoms with Crippen LogP contribution in [0.5, 0.6) is 0 Å². The Labute approximate surface area is 110 Å². The predicted octanol–water partition coefficient (Wildman–Crippen LogP) is 2.90. The molecule has 1 heterocycles. The summed E-state index contributed by atoms with van der Waals surface area (Å²) in [6.45, 7) is 7.68. The molecule has 1 fully saturated rings. The molecule has 1 N–H and O–H groups in total. The average Bonchev–Trinajstić information content (AvgIpc) is 2.95. The van der Waals surface area contributed by atoms with Gasteiger partial charge in [0.05, 0.1) is 0 Å². The molecule has 1 saturated carbocycles. The van der Waals surface area contributed by atoms with E-state index < -0.39 is 0 Å². The summed E-state index contributed by atoms with van der Waals surface area (Å²) in [6.07, 6.45) is 5.70. The van der Waals surface area contributed by atoms with Crippen molar-refractivity contribution >= 4 is 0 Å². The third kappa shape index (κ3) is 3.55. The summed E-state index contributed by atoms with van der Waals surface area (Å²) in [4.78, 5) is 4.56. The van der Waals surface area contributed by atoms with Crippen molar-refractivity contribution in [3.05, 3.63) is 11.7 Å². The van der Waals surface area contributed by atoms with Gasteiger partial charge >= 0.3 is 0 Å². The maximum Gasteiger partial charge on any atom is 0.228 e. The third-order valence-electron chi connectivity index (χ3n) is 3.77. The predicted molar refractivity (Wildman–Crippen MR) is 71.5 cm³/mol. The Hall–Kier alpha value is -0.900. The molecule has 4 nitrogen and oxygen atoms in total. The molecule has 3 unspecified atom stereocenters. The van der Waals surface area contributed by atoms with Gasteiger partial charge in [-0.3, -0.25) is 0 Å². The molecule has 0 saturated heterocycles. The molecule has 1 aromatic heterocycles. The number of hydrogen-bond donors (Lipinski definition) is 1. The lowest BCUT2D eigenvalue weighted by Crippen LogP contribution is -2.28. The zero-order chi connectivity index (χ0) is 13.0. The van der Waals surface area contributed by atoms with Crippen LogP contribution in [-0.4, -0.2) is 22.7 Å². The Morgan fingerprint density at radius 1 is 1.44 bits per heavy atom. The smallest absolute Gasteiger partial charge is 0.228 e. The summed E-state index contributed by atoms with van der Waals surface area (Å²) >= 11 is 0. The van der Waals surface area contributed by atoms with E-state index in [0.29, 0.717) is 12.0 Å². The summed E-state index contributed by atoms with van der Waals surface area (Å²) in [5.41, 5.74) is 0. The van der Waals surface area contributed by atoms with E-state index in [0.717, 1.165) is 37.0 Å². The summed E-state index contributed by atoms with van der Waals surface area (Å²) in [6, 6.07) is 0.403. The van der Waals surface area contributed by atoms with Crippen LogP contribution in [0.2, 0.25) is 0 Å². The second kappa shape index (κ2) is 6.32. The molecule has 0 bridgehead atoms. The van der Waals surface area contributed by atoms with Crippen molar-refractivity contribution in [1.82, 2.24) is 15.5 Å². The number of rotatable bonds is 6. The van der Waals surface area contributed by atoms with Gasteiger partial charge in [-0.2, -0.15) is 4.98 Å². The van der Waals surface area contributed by atoms with Gasteiger partial charge in [0.25, 0.3) is 0 Å². The molecule has 0 radical (unpaired) electrons. The number of nitrogens with one attached hydrogen (secondary N) is 1. The number of hydrogen-bond acceptors (Lipinski definition) is 4. The van der Waals surface area contributed by atoms with Gasteiger partial charge in [0.15, 0.2) is 5.82 Å². The van der Waals surface area contributed by atoms with Crippen molar-refractivity contribution in [3.8, 4) is 0 Å². The maximum atomic E-state index is 5.36. The fourth-order valence-electron chi connectivity index (χ4n) is 2.68. The molecular formula is C14H25N3O. The van der Waals surface area contributed by atoms with Gasteiger partial charge in [-0.25, -0.2) is 0 Å². The molecule has 2 rings (SSSR count). The van der Waals surface area contributed by atoms with Crippen LogP contribution in [0.1, 0.15) is 64.1 Å². The van der Waals surface area contributed by atoms with E-state index >= 15 is 0 Å². The highest BCUT2D eigenvalue weighted by Gasteiger charge is 2.26. The summed E-state index contributed by atoms with van der Waals surface area (Å²) < 4.78 is 5.36. The zero-order valence-corrected chi connectivity index (χ0v) is 11.8. The van der Waals surface area contributed by atoms with E-state index in [4.69, 9.17) is 4.52 Å². The summed E-state index contributed by atoms with van der Waals surface area (Å²) in [7, 11) is 0. The van der Waals surface area contributed by atoms with Crippen LogP contribution in [-0.2, 0) is 6.42 Å². The standard InChI is InChI=1S/C14H25N3O/c1-4-7-15-11(3)9-13-16-14(17-18-13)12-6-5-10(2)8-12/h10-12,15H,4-9H2,1-3H3. The Balaban J connectivity index is 1.86. The minimum absolute atomic E-state index is 0.403. The largest absolute Gasteiger partial charge is 0.339 e. The first kappa shape index (κ1) is 13.5. The third-order valence-corrected chi connectivity index (χ3v) is 3.77. The van der Waals surface area contributed by atoms with Crippen molar-refractivity contribution < 1.29 is 4.52 Å². The van der Waals surface area contributed by atoms with Gasteiger partial charge < -0.3 is 9.84 Å². The second-order valence-corrected chi connectivity index (χ2v) is 5.72. The van der Waals surface area contributed by atoms with Gasteiger partial charge in [0.1, 0.15) is 0 Å². The summed E-state index contributed by atoms with van der Waals surface area (Å²) in [5, 5.41) is 7.59. The Bertz CT molecular complexity index is 364. The topological polar surface area (TPSA) is 51.0 Å². The normalized spacial score (nSPS) is 25.5. The van der Waals surface area contributed by atoms with Crippen LogP contribution in [0, 0.1) is 5.92 Å². The highest BCUT2D eigenvalue weighted by atomic mass is 16.5. The summed E-state index contributed by atoms with van der Waals surface area (Å²) in [5.74, 6) is 3.04. The van der Waals surface area contributed by atoms with Crippen LogP contribution in [0.3, 0.4) is 0 Å². The lowest BCUT2D eigenvalue weighted by molar-refractivity contribution is 0.354. The van der Waals surface area contributed by atoms with Crippen molar-refractivity contribution in [3.63, 3.8) is 0 Å². The van der Waals surface area contributed by atoms with E-state index in [1.54, 1.807) is 0 Å². The molecule has 0 aromatic carbocycles. The second-order valence-electron chi connectivity index (χ2n) is 5.72. The Kier molecular flexibility index (Phi) is 4.75. The van der Waals surface area contributed by atoms with Crippen LogP contribution < -0.4 is 5.32 Å². The minimum Gasteiger partial charge on any atom is -0.339 e. The number of nitrogens with zero attached hydrogens (tertiary/aromatic N) is 2. The van der Waals surface area contributed by atoms with Crippen molar-refractivity contribution in [2.75, 3.05) is 6.54 Å². The van der Waals surface area contributed by atoms with Gasteiger partial charge in [0.2, 0.25) is 5.89 Å². The van der Waals surface area contributed by atoms with Crippen LogP contribution in [0.15, 0.2) is 4.52 Å². The molecular weight excluding hydrogens is 226 g/mol. The highest BCUT2D eigenvalue weighted by molar-refractivity contribution is 4.99.